The number of anilines is 1. The summed E-state index contributed by atoms with van der Waals surface area (Å²) < 4.78 is 4.97. The number of aryl methyl sites for hydroxylation is 1. The van der Waals surface area contributed by atoms with Crippen molar-refractivity contribution in [2.45, 2.75) is 12.1 Å². The van der Waals surface area contributed by atoms with E-state index >= 15 is 0 Å². The minimum absolute atomic E-state index is 0.0714. The molecule has 0 fully saturated rings. The molecular formula is C17H16N4O4S. The number of hydrogen-bond donors (Lipinski definition) is 2. The SMILES string of the molecule is COc1ccc(NC(=O)CSc2nc3ccc(C)cc3[nH]2)c([N+](=O)[O-])c1. The Bertz CT molecular complexity index is 986. The van der Waals surface area contributed by atoms with E-state index in [4.69, 9.17) is 4.74 Å². The van der Waals surface area contributed by atoms with Crippen molar-refractivity contribution in [3.05, 3.63) is 52.1 Å². The van der Waals surface area contributed by atoms with Crippen LogP contribution in [0.3, 0.4) is 0 Å². The van der Waals surface area contributed by atoms with E-state index in [-0.39, 0.29) is 23.0 Å². The molecule has 0 aliphatic heterocycles. The van der Waals surface area contributed by atoms with Crippen molar-refractivity contribution in [1.82, 2.24) is 9.97 Å². The lowest BCUT2D eigenvalue weighted by Crippen LogP contribution is -2.15. The number of methoxy groups -OCH3 is 1. The van der Waals surface area contributed by atoms with E-state index in [9.17, 15) is 14.9 Å². The van der Waals surface area contributed by atoms with Crippen LogP contribution in [0.15, 0.2) is 41.6 Å². The van der Waals surface area contributed by atoms with Crippen LogP contribution in [0.5, 0.6) is 5.75 Å². The van der Waals surface area contributed by atoms with Crippen LogP contribution in [0.2, 0.25) is 0 Å². The van der Waals surface area contributed by atoms with Crippen LogP contribution < -0.4 is 10.1 Å². The first kappa shape index (κ1) is 17.7. The molecule has 0 atom stereocenters. The Morgan fingerprint density at radius 2 is 2.15 bits per heavy atom. The summed E-state index contributed by atoms with van der Waals surface area (Å²) >= 11 is 1.23. The maximum Gasteiger partial charge on any atom is 0.296 e. The van der Waals surface area contributed by atoms with Crippen LogP contribution >= 0.6 is 11.8 Å². The molecule has 0 unspecified atom stereocenters. The van der Waals surface area contributed by atoms with E-state index < -0.39 is 4.92 Å². The number of ether oxygens (including phenoxy) is 1. The summed E-state index contributed by atoms with van der Waals surface area (Å²) in [5.41, 5.74) is 2.74. The summed E-state index contributed by atoms with van der Waals surface area (Å²) in [6, 6.07) is 10.1. The zero-order valence-corrected chi connectivity index (χ0v) is 14.9. The number of rotatable bonds is 6. The van der Waals surface area contributed by atoms with Gasteiger partial charge in [-0.2, -0.15) is 0 Å². The molecule has 9 heteroatoms. The van der Waals surface area contributed by atoms with Crippen molar-refractivity contribution in [3.63, 3.8) is 0 Å². The number of carbonyl (C=O) groups is 1. The summed E-state index contributed by atoms with van der Waals surface area (Å²) in [6.45, 7) is 1.99. The van der Waals surface area contributed by atoms with Crippen LogP contribution in [0.4, 0.5) is 11.4 Å². The molecule has 3 aromatic rings. The summed E-state index contributed by atoms with van der Waals surface area (Å²) in [7, 11) is 1.42. The molecule has 0 radical (unpaired) electrons. The molecule has 2 N–H and O–H groups in total. The molecule has 8 nitrogen and oxygen atoms in total. The van der Waals surface area contributed by atoms with E-state index in [0.29, 0.717) is 10.9 Å². The number of nitrogens with one attached hydrogen (secondary N) is 2. The van der Waals surface area contributed by atoms with Gasteiger partial charge in [-0.05, 0) is 36.8 Å². The van der Waals surface area contributed by atoms with E-state index in [1.54, 1.807) is 6.07 Å². The molecule has 2 aromatic carbocycles. The number of fused-ring (bicyclic) bond motifs is 1. The third-order valence-electron chi connectivity index (χ3n) is 3.63. The fourth-order valence-electron chi connectivity index (χ4n) is 2.38. The molecule has 0 aliphatic carbocycles. The molecule has 0 bridgehead atoms. The number of hydrogen-bond acceptors (Lipinski definition) is 6. The Labute approximate surface area is 153 Å². The average Bonchev–Trinajstić information content (AvgIpc) is 3.02. The van der Waals surface area contributed by atoms with Crippen molar-refractivity contribution >= 4 is 40.1 Å². The monoisotopic (exact) mass is 372 g/mol. The Hall–Kier alpha value is -3.07. The number of amides is 1. The van der Waals surface area contributed by atoms with Gasteiger partial charge >= 0.3 is 0 Å². The normalized spacial score (nSPS) is 10.7. The van der Waals surface area contributed by atoms with E-state index in [2.05, 4.69) is 15.3 Å². The molecule has 3 rings (SSSR count). The van der Waals surface area contributed by atoms with Gasteiger partial charge in [-0.25, -0.2) is 4.98 Å². The van der Waals surface area contributed by atoms with Crippen molar-refractivity contribution in [2.24, 2.45) is 0 Å². The number of imidazole rings is 1. The Morgan fingerprint density at radius 1 is 1.35 bits per heavy atom. The molecule has 134 valence electrons. The van der Waals surface area contributed by atoms with Crippen LogP contribution in [0, 0.1) is 17.0 Å². The zero-order valence-electron chi connectivity index (χ0n) is 14.1. The Balaban J connectivity index is 1.67. The van der Waals surface area contributed by atoms with Crippen LogP contribution in [0.1, 0.15) is 5.56 Å². The average molecular weight is 372 g/mol. The van der Waals surface area contributed by atoms with Crippen LogP contribution in [-0.4, -0.2) is 33.7 Å². The minimum Gasteiger partial charge on any atom is -0.496 e. The first-order chi connectivity index (χ1) is 12.5. The number of aromatic amines is 1. The number of nitro benzene ring substituents is 1. The largest absolute Gasteiger partial charge is 0.496 e. The lowest BCUT2D eigenvalue weighted by atomic mass is 10.2. The van der Waals surface area contributed by atoms with Gasteiger partial charge < -0.3 is 15.0 Å². The highest BCUT2D eigenvalue weighted by molar-refractivity contribution is 7.99. The van der Waals surface area contributed by atoms with E-state index in [0.717, 1.165) is 16.6 Å². The fourth-order valence-corrected chi connectivity index (χ4v) is 3.07. The van der Waals surface area contributed by atoms with Gasteiger partial charge in [0.1, 0.15) is 11.4 Å². The quantitative estimate of drug-likeness (QED) is 0.389. The summed E-state index contributed by atoms with van der Waals surface area (Å²) in [4.78, 5) is 30.3. The number of carbonyl (C=O) groups excluding carboxylic acids is 1. The number of nitrogens with zero attached hydrogens (tertiary/aromatic N) is 2. The topological polar surface area (TPSA) is 110 Å². The number of thioether (sulfide) groups is 1. The second-order valence-corrected chi connectivity index (χ2v) is 6.50. The van der Waals surface area contributed by atoms with Gasteiger partial charge in [0.15, 0.2) is 5.16 Å². The van der Waals surface area contributed by atoms with Gasteiger partial charge in [0.25, 0.3) is 5.69 Å². The molecular weight excluding hydrogens is 356 g/mol. The van der Waals surface area contributed by atoms with Crippen molar-refractivity contribution in [2.75, 3.05) is 18.2 Å². The van der Waals surface area contributed by atoms with Gasteiger partial charge in [-0.3, -0.25) is 14.9 Å². The molecule has 1 heterocycles. The first-order valence-corrected chi connectivity index (χ1v) is 8.66. The summed E-state index contributed by atoms with van der Waals surface area (Å²) in [6.07, 6.45) is 0. The van der Waals surface area contributed by atoms with Crippen LogP contribution in [0.25, 0.3) is 11.0 Å². The lowest BCUT2D eigenvalue weighted by molar-refractivity contribution is -0.384. The fraction of sp³-hybridized carbons (Fsp3) is 0.176. The highest BCUT2D eigenvalue weighted by Crippen LogP contribution is 2.29. The smallest absolute Gasteiger partial charge is 0.296 e. The molecule has 26 heavy (non-hydrogen) atoms. The van der Waals surface area contributed by atoms with E-state index in [1.165, 1.54) is 31.0 Å². The highest BCUT2D eigenvalue weighted by atomic mass is 32.2. The third-order valence-corrected chi connectivity index (χ3v) is 4.50. The molecule has 0 saturated carbocycles. The second kappa shape index (κ2) is 7.44. The standard InChI is InChI=1S/C17H16N4O4S/c1-10-3-5-12-14(7-10)20-17(19-12)26-9-16(22)18-13-6-4-11(25-2)8-15(13)21(23)24/h3-8H,9H2,1-2H3,(H,18,22)(H,19,20). The zero-order chi connectivity index (χ0) is 18.7. The van der Waals surface area contributed by atoms with Crippen molar-refractivity contribution in [1.29, 1.82) is 0 Å². The highest BCUT2D eigenvalue weighted by Gasteiger charge is 2.17. The Kier molecular flexibility index (Phi) is 5.08. The molecule has 1 amide bonds. The third kappa shape index (κ3) is 3.94. The van der Waals surface area contributed by atoms with Crippen molar-refractivity contribution < 1.29 is 14.5 Å². The van der Waals surface area contributed by atoms with E-state index in [1.807, 2.05) is 25.1 Å². The first-order valence-electron chi connectivity index (χ1n) is 7.67. The van der Waals surface area contributed by atoms with Crippen LogP contribution in [-0.2, 0) is 4.79 Å². The molecule has 0 saturated heterocycles. The van der Waals surface area contributed by atoms with Gasteiger partial charge in [0.2, 0.25) is 5.91 Å². The van der Waals surface area contributed by atoms with Gasteiger partial charge in [0.05, 0.1) is 34.9 Å². The number of benzene rings is 2. The predicted molar refractivity (Wildman–Crippen MR) is 99.8 cm³/mol. The minimum atomic E-state index is -0.563. The molecule has 0 aliphatic rings. The second-order valence-electron chi connectivity index (χ2n) is 5.54. The number of H-pyrrole nitrogens is 1. The van der Waals surface area contributed by atoms with Gasteiger partial charge in [-0.1, -0.05) is 17.8 Å². The van der Waals surface area contributed by atoms with Gasteiger partial charge in [0, 0.05) is 0 Å². The van der Waals surface area contributed by atoms with Gasteiger partial charge in [-0.15, -0.1) is 0 Å². The molecule has 0 spiro atoms. The predicted octanol–water partition coefficient (Wildman–Crippen LogP) is 3.52. The Morgan fingerprint density at radius 3 is 2.88 bits per heavy atom. The maximum absolute atomic E-state index is 12.2. The maximum atomic E-state index is 12.2. The lowest BCUT2D eigenvalue weighted by Gasteiger charge is -2.07. The molecule has 1 aromatic heterocycles. The number of nitro groups is 1. The summed E-state index contributed by atoms with van der Waals surface area (Å²) in [5.74, 6) is 0.0590. The number of aromatic nitrogens is 2. The van der Waals surface area contributed by atoms with Crippen molar-refractivity contribution in [3.8, 4) is 5.75 Å². The summed E-state index contributed by atoms with van der Waals surface area (Å²) in [5, 5.41) is 14.3.